The van der Waals surface area contributed by atoms with E-state index in [-0.39, 0.29) is 18.9 Å². The summed E-state index contributed by atoms with van der Waals surface area (Å²) in [5, 5.41) is 13.0. The highest BCUT2D eigenvalue weighted by Crippen LogP contribution is 2.25. The van der Waals surface area contributed by atoms with Gasteiger partial charge in [-0.3, -0.25) is 9.47 Å². The van der Waals surface area contributed by atoms with E-state index in [9.17, 15) is 5.11 Å². The van der Waals surface area contributed by atoms with Crippen molar-refractivity contribution in [3.8, 4) is 0 Å². The first-order valence-corrected chi connectivity index (χ1v) is 10.2. The topological polar surface area (TPSA) is 97.6 Å². The van der Waals surface area contributed by atoms with Crippen LogP contribution in [0.15, 0.2) is 43.0 Å². The number of benzene rings is 1. The molecule has 4 rings (SSSR count). The first-order valence-electron chi connectivity index (χ1n) is 10.2. The monoisotopic (exact) mass is 412 g/mol. The predicted octanol–water partition coefficient (Wildman–Crippen LogP) is 1.32. The number of aromatic nitrogens is 4. The van der Waals surface area contributed by atoms with Gasteiger partial charge in [-0.05, 0) is 12.0 Å². The Labute approximate surface area is 175 Å². The zero-order chi connectivity index (χ0) is 20.8. The number of nitrogens with one attached hydrogen (secondary N) is 1. The van der Waals surface area contributed by atoms with Crippen LogP contribution in [0.1, 0.15) is 11.8 Å². The van der Waals surface area contributed by atoms with Crippen molar-refractivity contribution in [3.63, 3.8) is 0 Å². The maximum absolute atomic E-state index is 9.76. The van der Waals surface area contributed by atoms with Crippen LogP contribution < -0.4 is 5.32 Å². The number of morpholine rings is 1. The summed E-state index contributed by atoms with van der Waals surface area (Å²) in [6.45, 7) is 3.48. The van der Waals surface area contributed by atoms with Crippen molar-refractivity contribution in [2.75, 3.05) is 51.8 Å². The second-order valence-corrected chi connectivity index (χ2v) is 7.36. The molecule has 0 radical (unpaired) electrons. The summed E-state index contributed by atoms with van der Waals surface area (Å²) in [6, 6.07) is 10.4. The summed E-state index contributed by atoms with van der Waals surface area (Å²) in [4.78, 5) is 15.6. The average molecular weight is 412 g/mol. The molecule has 1 fully saturated rings. The Hall–Kier alpha value is -2.59. The van der Waals surface area contributed by atoms with E-state index in [2.05, 4.69) is 49.4 Å². The number of nitrogens with zero attached hydrogens (tertiary/aromatic N) is 5. The fraction of sp³-hybridized carbons (Fsp3) is 0.476. The molecule has 2 atom stereocenters. The molecular weight excluding hydrogens is 384 g/mol. The van der Waals surface area contributed by atoms with Gasteiger partial charge in [0.1, 0.15) is 12.6 Å². The lowest BCUT2D eigenvalue weighted by atomic mass is 10.1. The third kappa shape index (κ3) is 4.76. The quantitative estimate of drug-likeness (QED) is 0.508. The molecule has 0 amide bonds. The lowest BCUT2D eigenvalue weighted by molar-refractivity contribution is -0.133. The Balaban J connectivity index is 1.50. The van der Waals surface area contributed by atoms with Crippen LogP contribution in [-0.2, 0) is 15.9 Å². The minimum atomic E-state index is -0.279. The molecule has 9 heteroatoms. The third-order valence-electron chi connectivity index (χ3n) is 5.26. The summed E-state index contributed by atoms with van der Waals surface area (Å²) >= 11 is 0. The zero-order valence-corrected chi connectivity index (χ0v) is 17.1. The molecule has 1 saturated heterocycles. The molecule has 1 aliphatic heterocycles. The van der Waals surface area contributed by atoms with Crippen molar-refractivity contribution in [3.05, 3.63) is 48.5 Å². The van der Waals surface area contributed by atoms with Crippen molar-refractivity contribution in [2.45, 2.75) is 18.8 Å². The Bertz CT molecular complexity index is 935. The second-order valence-electron chi connectivity index (χ2n) is 7.36. The first-order chi connectivity index (χ1) is 14.8. The fourth-order valence-corrected chi connectivity index (χ4v) is 3.72. The molecule has 2 aromatic heterocycles. The number of aliphatic hydroxyl groups is 1. The van der Waals surface area contributed by atoms with Crippen LogP contribution in [-0.4, -0.2) is 82.1 Å². The molecule has 2 N–H and O–H groups in total. The highest BCUT2D eigenvalue weighted by Gasteiger charge is 2.29. The Morgan fingerprint density at radius 2 is 2.07 bits per heavy atom. The van der Waals surface area contributed by atoms with E-state index >= 15 is 0 Å². The van der Waals surface area contributed by atoms with Gasteiger partial charge in [0, 0.05) is 33.3 Å². The maximum Gasteiger partial charge on any atom is 0.167 e. The third-order valence-corrected chi connectivity index (χ3v) is 5.26. The van der Waals surface area contributed by atoms with Crippen LogP contribution in [0.2, 0.25) is 0 Å². The molecule has 30 heavy (non-hydrogen) atoms. The van der Waals surface area contributed by atoms with Gasteiger partial charge in [-0.25, -0.2) is 15.0 Å². The van der Waals surface area contributed by atoms with E-state index < -0.39 is 0 Å². The van der Waals surface area contributed by atoms with Gasteiger partial charge in [0.2, 0.25) is 0 Å². The van der Waals surface area contributed by atoms with Crippen LogP contribution in [0.3, 0.4) is 0 Å². The Morgan fingerprint density at radius 1 is 1.20 bits per heavy atom. The largest absolute Gasteiger partial charge is 0.394 e. The molecular formula is C21H28N6O3. The highest BCUT2D eigenvalue weighted by molar-refractivity contribution is 5.82. The van der Waals surface area contributed by atoms with Gasteiger partial charge in [0.05, 0.1) is 25.6 Å². The van der Waals surface area contributed by atoms with Crippen molar-refractivity contribution < 1.29 is 14.6 Å². The highest BCUT2D eigenvalue weighted by atomic mass is 16.5. The van der Waals surface area contributed by atoms with Gasteiger partial charge >= 0.3 is 0 Å². The first kappa shape index (κ1) is 20.7. The van der Waals surface area contributed by atoms with Crippen LogP contribution in [0, 0.1) is 0 Å². The Kier molecular flexibility index (Phi) is 6.85. The van der Waals surface area contributed by atoms with E-state index in [4.69, 9.17) is 9.47 Å². The summed E-state index contributed by atoms with van der Waals surface area (Å²) < 4.78 is 13.2. The smallest absolute Gasteiger partial charge is 0.167 e. The number of rotatable bonds is 9. The number of aliphatic hydroxyl groups excluding tert-OH is 1. The summed E-state index contributed by atoms with van der Waals surface area (Å²) in [7, 11) is 1.66. The molecule has 9 nitrogen and oxygen atoms in total. The minimum absolute atomic E-state index is 0.0240. The second kappa shape index (κ2) is 9.94. The van der Waals surface area contributed by atoms with E-state index in [0.717, 1.165) is 13.0 Å². The standard InChI is InChI=1S/C21H28N6O3/c1-29-10-8-22-20-19-21(24-14-23-20)27(15-25-19)18-12-26(11-17(13-28)30-18)9-7-16-5-3-2-4-6-16/h2-6,14-15,17-18,28H,7-13H2,1H3,(H,22,23,24)/t17-,18+/m0/s1. The molecule has 160 valence electrons. The number of imidazole rings is 1. The molecule has 1 aromatic carbocycles. The number of hydrogen-bond donors (Lipinski definition) is 2. The van der Waals surface area contributed by atoms with E-state index in [1.54, 1.807) is 13.4 Å². The molecule has 0 bridgehead atoms. The van der Waals surface area contributed by atoms with Crippen LogP contribution in [0.25, 0.3) is 11.2 Å². The molecule has 0 unspecified atom stereocenters. The van der Waals surface area contributed by atoms with Gasteiger partial charge in [0.25, 0.3) is 0 Å². The van der Waals surface area contributed by atoms with E-state index in [1.165, 1.54) is 11.9 Å². The molecule has 1 aliphatic rings. The number of ether oxygens (including phenoxy) is 2. The molecule has 0 saturated carbocycles. The lowest BCUT2D eigenvalue weighted by Crippen LogP contribution is -2.47. The van der Waals surface area contributed by atoms with Crippen molar-refractivity contribution in [2.24, 2.45) is 0 Å². The van der Waals surface area contributed by atoms with Gasteiger partial charge in [0.15, 0.2) is 17.0 Å². The van der Waals surface area contributed by atoms with E-state index in [1.807, 2.05) is 10.6 Å². The van der Waals surface area contributed by atoms with Gasteiger partial charge < -0.3 is 19.9 Å². The van der Waals surface area contributed by atoms with Crippen molar-refractivity contribution in [1.29, 1.82) is 0 Å². The van der Waals surface area contributed by atoms with Crippen LogP contribution in [0.5, 0.6) is 0 Å². The minimum Gasteiger partial charge on any atom is -0.394 e. The van der Waals surface area contributed by atoms with Crippen LogP contribution >= 0.6 is 0 Å². The molecule has 3 heterocycles. The summed E-state index contributed by atoms with van der Waals surface area (Å²) in [5.74, 6) is 0.672. The van der Waals surface area contributed by atoms with E-state index in [0.29, 0.717) is 43.2 Å². The van der Waals surface area contributed by atoms with Crippen molar-refractivity contribution >= 4 is 17.0 Å². The number of methoxy groups -OCH3 is 1. The predicted molar refractivity (Wildman–Crippen MR) is 113 cm³/mol. The Morgan fingerprint density at radius 3 is 2.87 bits per heavy atom. The molecule has 3 aromatic rings. The summed E-state index contributed by atoms with van der Waals surface area (Å²) in [6.07, 6.45) is 3.68. The van der Waals surface area contributed by atoms with Gasteiger partial charge in [-0.2, -0.15) is 0 Å². The summed E-state index contributed by atoms with van der Waals surface area (Å²) in [5.41, 5.74) is 2.70. The lowest BCUT2D eigenvalue weighted by Gasteiger charge is -2.37. The maximum atomic E-state index is 9.76. The molecule has 0 aliphatic carbocycles. The normalized spacial score (nSPS) is 19.9. The van der Waals surface area contributed by atoms with Gasteiger partial charge in [-0.1, -0.05) is 30.3 Å². The zero-order valence-electron chi connectivity index (χ0n) is 17.1. The number of hydrogen-bond acceptors (Lipinski definition) is 8. The van der Waals surface area contributed by atoms with Crippen molar-refractivity contribution in [1.82, 2.24) is 24.4 Å². The number of anilines is 1. The average Bonchev–Trinajstić information content (AvgIpc) is 3.23. The SMILES string of the molecule is COCCNc1ncnc2c1ncn2[C@H]1CN(CCc2ccccc2)C[C@@H](CO)O1. The molecule has 0 spiro atoms. The van der Waals surface area contributed by atoms with Crippen LogP contribution in [0.4, 0.5) is 5.82 Å². The fourth-order valence-electron chi connectivity index (χ4n) is 3.72. The van der Waals surface area contributed by atoms with Gasteiger partial charge in [-0.15, -0.1) is 0 Å². The number of fused-ring (bicyclic) bond motifs is 1.